The van der Waals surface area contributed by atoms with Gasteiger partial charge in [0, 0.05) is 11.5 Å². The predicted molar refractivity (Wildman–Crippen MR) is 97.6 cm³/mol. The maximum absolute atomic E-state index is 11.9. The van der Waals surface area contributed by atoms with E-state index < -0.39 is 14.9 Å². The third kappa shape index (κ3) is 3.39. The first-order valence-electron chi connectivity index (χ1n) is 7.79. The highest BCUT2D eigenvalue weighted by atomic mass is 32.2. The molecule has 136 valence electrons. The number of benzene rings is 2. The van der Waals surface area contributed by atoms with Gasteiger partial charge in [-0.1, -0.05) is 18.2 Å². The van der Waals surface area contributed by atoms with Crippen molar-refractivity contribution < 1.29 is 17.8 Å². The molecule has 0 aliphatic heterocycles. The summed E-state index contributed by atoms with van der Waals surface area (Å²) < 4.78 is 31.6. The second kappa shape index (κ2) is 6.77. The van der Waals surface area contributed by atoms with Crippen molar-refractivity contribution in [3.8, 4) is 0 Å². The van der Waals surface area contributed by atoms with Crippen molar-refractivity contribution in [1.29, 1.82) is 0 Å². The van der Waals surface area contributed by atoms with Crippen LogP contribution < -0.4 is 10.0 Å². The smallest absolute Gasteiger partial charge is 0.293 e. The van der Waals surface area contributed by atoms with E-state index in [1.807, 2.05) is 30.3 Å². The monoisotopic (exact) mass is 375 g/mol. The van der Waals surface area contributed by atoms with Crippen molar-refractivity contribution in [2.24, 2.45) is 0 Å². The van der Waals surface area contributed by atoms with Crippen molar-refractivity contribution in [2.75, 3.05) is 12.4 Å². The van der Waals surface area contributed by atoms with Gasteiger partial charge in [0.25, 0.3) is 5.69 Å². The molecular formula is C17H17N3O5S. The minimum absolute atomic E-state index is 0.173. The number of nitro groups is 1. The highest BCUT2D eigenvalue weighted by Gasteiger charge is 2.22. The third-order valence-electron chi connectivity index (χ3n) is 3.99. The first-order valence-corrected chi connectivity index (χ1v) is 9.27. The fraction of sp³-hybridized carbons (Fsp3) is 0.176. The van der Waals surface area contributed by atoms with E-state index in [1.165, 1.54) is 19.2 Å². The number of nitrogens with zero attached hydrogens (tertiary/aromatic N) is 1. The largest absolute Gasteiger partial charge is 0.459 e. The van der Waals surface area contributed by atoms with Gasteiger partial charge in [-0.2, -0.15) is 0 Å². The van der Waals surface area contributed by atoms with Crippen LogP contribution in [0.4, 0.5) is 11.4 Å². The van der Waals surface area contributed by atoms with Crippen LogP contribution in [0.5, 0.6) is 0 Å². The Bertz CT molecular complexity index is 1040. The number of rotatable bonds is 6. The van der Waals surface area contributed by atoms with Crippen molar-refractivity contribution in [3.63, 3.8) is 0 Å². The number of nitro benzene ring substituents is 1. The second-order valence-electron chi connectivity index (χ2n) is 5.70. The lowest BCUT2D eigenvalue weighted by Crippen LogP contribution is -2.19. The Labute approximate surface area is 150 Å². The van der Waals surface area contributed by atoms with Gasteiger partial charge in [0.05, 0.1) is 15.9 Å². The first kappa shape index (κ1) is 17.9. The number of hydrogen-bond donors (Lipinski definition) is 2. The third-order valence-corrected chi connectivity index (χ3v) is 5.40. The van der Waals surface area contributed by atoms with Gasteiger partial charge in [0.1, 0.15) is 17.0 Å². The number of sulfonamides is 1. The Morgan fingerprint density at radius 3 is 2.54 bits per heavy atom. The lowest BCUT2D eigenvalue weighted by molar-refractivity contribution is -0.384. The van der Waals surface area contributed by atoms with Crippen LogP contribution in [-0.2, 0) is 10.0 Å². The van der Waals surface area contributed by atoms with Gasteiger partial charge in [0.15, 0.2) is 0 Å². The molecule has 0 aliphatic rings. The van der Waals surface area contributed by atoms with E-state index in [9.17, 15) is 18.5 Å². The van der Waals surface area contributed by atoms with Crippen LogP contribution in [0, 0.1) is 10.1 Å². The molecule has 0 radical (unpaired) electrons. The summed E-state index contributed by atoms with van der Waals surface area (Å²) in [7, 11) is -2.52. The highest BCUT2D eigenvalue weighted by Crippen LogP contribution is 2.32. The molecule has 0 saturated heterocycles. The van der Waals surface area contributed by atoms with Gasteiger partial charge in [-0.15, -0.1) is 0 Å². The van der Waals surface area contributed by atoms with Gasteiger partial charge in [0.2, 0.25) is 10.0 Å². The average molecular weight is 375 g/mol. The average Bonchev–Trinajstić information content (AvgIpc) is 3.06. The van der Waals surface area contributed by atoms with Crippen LogP contribution in [0.25, 0.3) is 11.0 Å². The van der Waals surface area contributed by atoms with Gasteiger partial charge >= 0.3 is 0 Å². The minimum atomic E-state index is -3.77. The number of para-hydroxylation sites is 1. The molecule has 0 fully saturated rings. The first-order chi connectivity index (χ1) is 12.3. The van der Waals surface area contributed by atoms with E-state index in [4.69, 9.17) is 4.42 Å². The summed E-state index contributed by atoms with van der Waals surface area (Å²) in [5.41, 5.74) is 0.600. The number of nitrogens with one attached hydrogen (secondary N) is 2. The molecule has 0 aliphatic carbocycles. The Balaban J connectivity index is 1.94. The Hall–Kier alpha value is -2.91. The number of furan rings is 1. The highest BCUT2D eigenvalue weighted by molar-refractivity contribution is 7.89. The lowest BCUT2D eigenvalue weighted by atomic mass is 10.2. The quantitative estimate of drug-likeness (QED) is 0.504. The lowest BCUT2D eigenvalue weighted by Gasteiger charge is -2.13. The topological polar surface area (TPSA) is 114 Å². The molecule has 8 nitrogen and oxygen atoms in total. The summed E-state index contributed by atoms with van der Waals surface area (Å²) in [5, 5.41) is 15.3. The second-order valence-corrected chi connectivity index (χ2v) is 7.58. The van der Waals surface area contributed by atoms with Crippen molar-refractivity contribution in [1.82, 2.24) is 4.72 Å². The summed E-state index contributed by atoms with van der Waals surface area (Å²) in [6, 6.07) is 12.7. The molecule has 2 N–H and O–H groups in total. The molecule has 2 aromatic carbocycles. The zero-order valence-electron chi connectivity index (χ0n) is 14.1. The fourth-order valence-corrected chi connectivity index (χ4v) is 3.34. The molecule has 1 heterocycles. The van der Waals surface area contributed by atoms with Gasteiger partial charge in [-0.05, 0) is 38.2 Å². The maximum Gasteiger partial charge on any atom is 0.293 e. The van der Waals surface area contributed by atoms with Crippen molar-refractivity contribution >= 4 is 32.4 Å². The van der Waals surface area contributed by atoms with Crippen LogP contribution in [-0.4, -0.2) is 20.4 Å². The van der Waals surface area contributed by atoms with Crippen LogP contribution in [0.2, 0.25) is 0 Å². The van der Waals surface area contributed by atoms with Crippen LogP contribution in [0.15, 0.2) is 57.8 Å². The zero-order valence-corrected chi connectivity index (χ0v) is 14.9. The normalized spacial score (nSPS) is 12.8. The maximum atomic E-state index is 11.9. The Morgan fingerprint density at radius 2 is 1.88 bits per heavy atom. The van der Waals surface area contributed by atoms with Crippen molar-refractivity contribution in [2.45, 2.75) is 17.9 Å². The summed E-state index contributed by atoms with van der Waals surface area (Å²) >= 11 is 0. The van der Waals surface area contributed by atoms with E-state index in [-0.39, 0.29) is 22.3 Å². The number of fused-ring (bicyclic) bond motifs is 1. The van der Waals surface area contributed by atoms with E-state index in [1.54, 1.807) is 6.92 Å². The summed E-state index contributed by atoms with van der Waals surface area (Å²) in [6.45, 7) is 1.81. The predicted octanol–water partition coefficient (Wildman–Crippen LogP) is 3.42. The zero-order chi connectivity index (χ0) is 18.9. The molecule has 9 heteroatoms. The van der Waals surface area contributed by atoms with Gasteiger partial charge < -0.3 is 9.73 Å². The van der Waals surface area contributed by atoms with E-state index in [0.717, 1.165) is 17.0 Å². The standard InChI is InChI=1S/C17H17N3O5S/c1-11(17-9-12-5-3-4-6-16(12)25-17)19-14-8-7-13(26(23,24)18-2)10-15(14)20(21)22/h3-11,18-19H,1-2H3/t11-/m1/s1. The molecule has 3 rings (SSSR count). The molecule has 1 atom stereocenters. The molecular weight excluding hydrogens is 358 g/mol. The summed E-state index contributed by atoms with van der Waals surface area (Å²) in [5.74, 6) is 0.618. The van der Waals surface area contributed by atoms with E-state index >= 15 is 0 Å². The molecule has 0 amide bonds. The van der Waals surface area contributed by atoms with E-state index in [0.29, 0.717) is 5.76 Å². The summed E-state index contributed by atoms with van der Waals surface area (Å²) in [6.07, 6.45) is 0. The molecule has 0 unspecified atom stereocenters. The van der Waals surface area contributed by atoms with Crippen molar-refractivity contribution in [3.05, 3.63) is 64.4 Å². The molecule has 0 bridgehead atoms. The Morgan fingerprint density at radius 1 is 1.15 bits per heavy atom. The molecule has 26 heavy (non-hydrogen) atoms. The van der Waals surface area contributed by atoms with Gasteiger partial charge in [-0.25, -0.2) is 13.1 Å². The Kier molecular flexibility index (Phi) is 4.66. The number of anilines is 1. The fourth-order valence-electron chi connectivity index (χ4n) is 2.59. The van der Waals surface area contributed by atoms with Crippen LogP contribution >= 0.6 is 0 Å². The summed E-state index contributed by atoms with van der Waals surface area (Å²) in [4.78, 5) is 10.6. The van der Waals surface area contributed by atoms with Crippen LogP contribution in [0.3, 0.4) is 0 Å². The minimum Gasteiger partial charge on any atom is -0.459 e. The van der Waals surface area contributed by atoms with Gasteiger partial charge in [-0.3, -0.25) is 10.1 Å². The molecule has 0 saturated carbocycles. The van der Waals surface area contributed by atoms with Crippen LogP contribution in [0.1, 0.15) is 18.7 Å². The number of hydrogen-bond acceptors (Lipinski definition) is 6. The van der Waals surface area contributed by atoms with E-state index in [2.05, 4.69) is 10.0 Å². The molecule has 3 aromatic rings. The molecule has 0 spiro atoms. The molecule has 1 aromatic heterocycles. The SMILES string of the molecule is CNS(=O)(=O)c1ccc(N[C@H](C)c2cc3ccccc3o2)c([N+](=O)[O-])c1.